The summed E-state index contributed by atoms with van der Waals surface area (Å²) in [5.41, 5.74) is 2.23. The Labute approximate surface area is 253 Å². The van der Waals surface area contributed by atoms with E-state index in [1.807, 2.05) is 24.3 Å². The number of para-hydroxylation sites is 1. The molecule has 0 aliphatic heterocycles. The maximum Gasteiger partial charge on any atom is 0.309 e. The number of rotatable bonds is 4. The van der Waals surface area contributed by atoms with Crippen molar-refractivity contribution in [2.45, 2.75) is 99.3 Å². The van der Waals surface area contributed by atoms with Crippen molar-refractivity contribution in [3.63, 3.8) is 0 Å². The van der Waals surface area contributed by atoms with Gasteiger partial charge in [-0.25, -0.2) is 0 Å². The van der Waals surface area contributed by atoms with Gasteiger partial charge in [-0.2, -0.15) is 0 Å². The lowest BCUT2D eigenvalue weighted by atomic mass is 9.32. The number of Topliss-reactive ketones (excluding diaryl/α,β-unsaturated/α-hetero) is 1. The zero-order valence-electron chi connectivity index (χ0n) is 27.0. The molecular formula is C38H52O4. The fraction of sp³-hybridized carbons (Fsp3) is 0.684. The van der Waals surface area contributed by atoms with E-state index in [1.165, 1.54) is 5.57 Å². The van der Waals surface area contributed by atoms with Crippen molar-refractivity contribution in [1.29, 1.82) is 0 Å². The molecule has 1 aromatic rings. The van der Waals surface area contributed by atoms with Crippen LogP contribution < -0.4 is 4.74 Å². The van der Waals surface area contributed by atoms with Crippen LogP contribution in [0.2, 0.25) is 0 Å². The van der Waals surface area contributed by atoms with Gasteiger partial charge in [-0.3, -0.25) is 9.59 Å². The number of aliphatic carboxylic acids is 1. The second-order valence-electron chi connectivity index (χ2n) is 16.3. The number of carboxylic acid groups (broad SMARTS) is 1. The monoisotopic (exact) mass is 572 g/mol. The fourth-order valence-corrected chi connectivity index (χ4v) is 12.5. The van der Waals surface area contributed by atoms with Crippen molar-refractivity contribution in [3.8, 4) is 5.75 Å². The first-order chi connectivity index (χ1) is 19.7. The highest BCUT2D eigenvalue weighted by Crippen LogP contribution is 2.77. The molecule has 0 amide bonds. The van der Waals surface area contributed by atoms with Gasteiger partial charge in [-0.05, 0) is 128 Å². The summed E-state index contributed by atoms with van der Waals surface area (Å²) in [6.07, 6.45) is 10.8. The molecule has 5 fully saturated rings. The van der Waals surface area contributed by atoms with E-state index in [2.05, 4.69) is 54.2 Å². The SMILES string of the molecule is C=C(C)[C@@H]1CC[C@]2(C(=O)O)CC[C@]3(C)[C@H](CC[C@@H]4[C@@]5(C)C/C(=C\c6ccccc6OC)C(=O)C(C)(C)C5CC[C@]43C)C12. The Morgan fingerprint density at radius 1 is 0.952 bits per heavy atom. The van der Waals surface area contributed by atoms with Crippen LogP contribution in [0.15, 0.2) is 42.0 Å². The average molecular weight is 573 g/mol. The molecule has 2 unspecified atom stereocenters. The number of ketones is 1. The number of benzene rings is 1. The predicted octanol–water partition coefficient (Wildman–Crippen LogP) is 9.00. The van der Waals surface area contributed by atoms with Crippen LogP contribution in [0, 0.1) is 56.7 Å². The molecule has 0 saturated heterocycles. The van der Waals surface area contributed by atoms with Crippen LogP contribution in [0.3, 0.4) is 0 Å². The number of carbonyl (C=O) groups is 2. The third-order valence-electron chi connectivity index (χ3n) is 14.5. The smallest absolute Gasteiger partial charge is 0.309 e. The Bertz CT molecular complexity index is 1350. The van der Waals surface area contributed by atoms with Gasteiger partial charge in [0.05, 0.1) is 12.5 Å². The van der Waals surface area contributed by atoms with Crippen molar-refractivity contribution < 1.29 is 19.4 Å². The molecule has 9 atom stereocenters. The molecule has 228 valence electrons. The quantitative estimate of drug-likeness (QED) is 0.289. The van der Waals surface area contributed by atoms with Crippen molar-refractivity contribution >= 4 is 17.8 Å². The first-order valence-corrected chi connectivity index (χ1v) is 16.4. The van der Waals surface area contributed by atoms with Gasteiger partial charge in [0.1, 0.15) is 5.75 Å². The van der Waals surface area contributed by atoms with Gasteiger partial charge in [0, 0.05) is 11.0 Å². The van der Waals surface area contributed by atoms with Gasteiger partial charge in [0.25, 0.3) is 0 Å². The van der Waals surface area contributed by atoms with E-state index in [9.17, 15) is 14.7 Å². The van der Waals surface area contributed by atoms with Crippen LogP contribution in [0.5, 0.6) is 5.75 Å². The molecule has 4 nitrogen and oxygen atoms in total. The van der Waals surface area contributed by atoms with Crippen molar-refractivity contribution in [1.82, 2.24) is 0 Å². The molecule has 5 aliphatic rings. The van der Waals surface area contributed by atoms with E-state index in [1.54, 1.807) is 7.11 Å². The zero-order valence-corrected chi connectivity index (χ0v) is 27.0. The third kappa shape index (κ3) is 3.71. The zero-order chi connectivity index (χ0) is 30.5. The molecule has 1 aromatic carbocycles. The molecule has 0 bridgehead atoms. The highest BCUT2D eigenvalue weighted by molar-refractivity contribution is 6.04. The molecule has 4 heteroatoms. The average Bonchev–Trinajstić information content (AvgIpc) is 3.34. The molecule has 0 heterocycles. The lowest BCUT2D eigenvalue weighted by Crippen LogP contribution is -2.67. The van der Waals surface area contributed by atoms with E-state index in [4.69, 9.17) is 4.74 Å². The van der Waals surface area contributed by atoms with Gasteiger partial charge in [-0.1, -0.05) is 65.0 Å². The number of allylic oxidation sites excluding steroid dienone is 2. The summed E-state index contributed by atoms with van der Waals surface area (Å²) >= 11 is 0. The number of hydrogen-bond donors (Lipinski definition) is 1. The van der Waals surface area contributed by atoms with Crippen LogP contribution in [0.25, 0.3) is 6.08 Å². The van der Waals surface area contributed by atoms with Gasteiger partial charge in [-0.15, -0.1) is 0 Å². The molecule has 0 radical (unpaired) electrons. The van der Waals surface area contributed by atoms with Crippen molar-refractivity contribution in [3.05, 3.63) is 47.6 Å². The number of hydrogen-bond acceptors (Lipinski definition) is 3. The van der Waals surface area contributed by atoms with Crippen LogP contribution in [-0.2, 0) is 9.59 Å². The minimum absolute atomic E-state index is 0.00297. The Balaban J connectivity index is 1.42. The highest BCUT2D eigenvalue weighted by atomic mass is 16.5. The second-order valence-corrected chi connectivity index (χ2v) is 16.3. The molecule has 42 heavy (non-hydrogen) atoms. The van der Waals surface area contributed by atoms with E-state index in [0.717, 1.165) is 74.7 Å². The van der Waals surface area contributed by atoms with Gasteiger partial charge >= 0.3 is 5.97 Å². The summed E-state index contributed by atoms with van der Waals surface area (Å²) in [6.45, 7) is 18.5. The summed E-state index contributed by atoms with van der Waals surface area (Å²) in [4.78, 5) is 27.1. The Hall–Kier alpha value is -2.36. The fourth-order valence-electron chi connectivity index (χ4n) is 12.5. The Kier molecular flexibility index (Phi) is 6.77. The lowest BCUT2D eigenvalue weighted by Gasteiger charge is -2.72. The maximum atomic E-state index is 14.1. The number of carbonyl (C=O) groups excluding carboxylic acids is 1. The Morgan fingerprint density at radius 3 is 2.33 bits per heavy atom. The number of ether oxygens (including phenoxy) is 1. The summed E-state index contributed by atoms with van der Waals surface area (Å²) in [6, 6.07) is 8.01. The minimum Gasteiger partial charge on any atom is -0.496 e. The van der Waals surface area contributed by atoms with E-state index in [-0.39, 0.29) is 22.2 Å². The molecule has 5 saturated carbocycles. The van der Waals surface area contributed by atoms with Gasteiger partial charge in [0.2, 0.25) is 0 Å². The lowest BCUT2D eigenvalue weighted by molar-refractivity contribution is -0.231. The molecule has 6 rings (SSSR count). The largest absolute Gasteiger partial charge is 0.496 e. The van der Waals surface area contributed by atoms with E-state index in [0.29, 0.717) is 29.5 Å². The molecule has 1 N–H and O–H groups in total. The van der Waals surface area contributed by atoms with Crippen LogP contribution in [-0.4, -0.2) is 24.0 Å². The summed E-state index contributed by atoms with van der Waals surface area (Å²) < 4.78 is 5.66. The highest BCUT2D eigenvalue weighted by Gasteiger charge is 2.72. The van der Waals surface area contributed by atoms with Crippen LogP contribution >= 0.6 is 0 Å². The second kappa shape index (κ2) is 9.57. The summed E-state index contributed by atoms with van der Waals surface area (Å²) in [5, 5.41) is 10.7. The van der Waals surface area contributed by atoms with Crippen molar-refractivity contribution in [2.24, 2.45) is 56.7 Å². The minimum atomic E-state index is -0.595. The molecule has 0 aromatic heterocycles. The molecule has 0 spiro atoms. The topological polar surface area (TPSA) is 63.6 Å². The first-order valence-electron chi connectivity index (χ1n) is 16.4. The first kappa shape index (κ1) is 29.7. The number of fused-ring (bicyclic) bond motifs is 7. The maximum absolute atomic E-state index is 14.1. The summed E-state index contributed by atoms with van der Waals surface area (Å²) in [7, 11) is 1.69. The van der Waals surface area contributed by atoms with Crippen LogP contribution in [0.1, 0.15) is 105 Å². The normalized spacial score (nSPS) is 44.9. The number of carboxylic acids is 1. The van der Waals surface area contributed by atoms with Gasteiger partial charge in [0.15, 0.2) is 5.78 Å². The molecular weight excluding hydrogens is 520 g/mol. The van der Waals surface area contributed by atoms with E-state index < -0.39 is 16.8 Å². The predicted molar refractivity (Wildman–Crippen MR) is 168 cm³/mol. The van der Waals surface area contributed by atoms with Crippen molar-refractivity contribution in [2.75, 3.05) is 7.11 Å². The Morgan fingerprint density at radius 2 is 1.67 bits per heavy atom. The van der Waals surface area contributed by atoms with E-state index >= 15 is 0 Å². The molecule has 5 aliphatic carbocycles. The summed E-state index contributed by atoms with van der Waals surface area (Å²) in [5.74, 6) is 2.23. The van der Waals surface area contributed by atoms with Crippen LogP contribution in [0.4, 0.5) is 0 Å². The third-order valence-corrected chi connectivity index (χ3v) is 14.5. The standard InChI is InChI=1S/C38H52O4/c1-23(2)26-15-18-38(33(40)41)20-19-36(6)27(31(26)38)13-14-30-35(5)22-25(21-24-11-9-10-12-28(24)42-8)32(39)34(3,4)29(35)16-17-37(30,36)7/h9-12,21,26-27,29-31H,1,13-20,22H2,2-8H3,(H,40,41)/b25-21+/t26-,27+,29?,30+,31?,35-,36+,37+,38-/m0/s1. The number of methoxy groups -OCH3 is 1. The van der Waals surface area contributed by atoms with Gasteiger partial charge < -0.3 is 9.84 Å².